The first-order chi connectivity index (χ1) is 19.4. The number of rotatable bonds is 10. The lowest BCUT2D eigenvalue weighted by Gasteiger charge is -2.30. The van der Waals surface area contributed by atoms with Crippen molar-refractivity contribution < 1.29 is 31.1 Å². The van der Waals surface area contributed by atoms with Crippen molar-refractivity contribution in [1.82, 2.24) is 4.90 Å². The average Bonchev–Trinajstić information content (AvgIpc) is 3.24. The number of sulfone groups is 1. The normalized spacial score (nSPS) is 15.0. The van der Waals surface area contributed by atoms with Gasteiger partial charge in [0.1, 0.15) is 12.4 Å². The number of benzene rings is 2. The van der Waals surface area contributed by atoms with Crippen LogP contribution in [-0.4, -0.2) is 78.8 Å². The molecule has 222 valence electrons. The summed E-state index contributed by atoms with van der Waals surface area (Å²) in [5.41, 5.74) is 1.53. The molecule has 0 saturated carbocycles. The number of thiophene rings is 1. The number of nitrogens with one attached hydrogen (secondary N) is 2. The lowest BCUT2D eigenvalue weighted by Crippen LogP contribution is -2.36. The van der Waals surface area contributed by atoms with Crippen LogP contribution in [-0.2, 0) is 21.0 Å². The van der Waals surface area contributed by atoms with E-state index in [4.69, 9.17) is 9.47 Å². The monoisotopic (exact) mass is 609 g/mol. The van der Waals surface area contributed by atoms with Crippen LogP contribution in [0.5, 0.6) is 5.75 Å². The van der Waals surface area contributed by atoms with E-state index in [0.29, 0.717) is 28.3 Å². The topological polar surface area (TPSA) is 79.9 Å². The molecule has 0 atom stereocenters. The molecule has 4 rings (SSSR count). The number of fused-ring (bicyclic) bond motifs is 1. The van der Waals surface area contributed by atoms with Crippen molar-refractivity contribution in [3.63, 3.8) is 0 Å². The molecule has 41 heavy (non-hydrogen) atoms. The Morgan fingerprint density at radius 1 is 1.12 bits per heavy atom. The molecule has 1 saturated heterocycles. The molecule has 0 aliphatic carbocycles. The van der Waals surface area contributed by atoms with E-state index >= 15 is 0 Å². The second-order valence-corrected chi connectivity index (χ2v) is 13.1. The Balaban J connectivity index is 1.58. The summed E-state index contributed by atoms with van der Waals surface area (Å²) in [5.74, 6) is 6.21. The van der Waals surface area contributed by atoms with Gasteiger partial charge in [-0.3, -0.25) is 0 Å². The van der Waals surface area contributed by atoms with Gasteiger partial charge in [0.05, 0.1) is 45.4 Å². The van der Waals surface area contributed by atoms with Gasteiger partial charge in [0.2, 0.25) is 0 Å². The molecule has 0 amide bonds. The highest BCUT2D eigenvalue weighted by molar-refractivity contribution is 7.90. The third-order valence-electron chi connectivity index (χ3n) is 6.77. The molecule has 1 aliphatic heterocycles. The predicted octanol–water partition coefficient (Wildman–Crippen LogP) is 5.40. The van der Waals surface area contributed by atoms with E-state index in [1.807, 2.05) is 6.07 Å². The summed E-state index contributed by atoms with van der Waals surface area (Å²) in [6, 6.07) is 10.2. The van der Waals surface area contributed by atoms with Gasteiger partial charge in [0, 0.05) is 25.5 Å². The predicted molar refractivity (Wildman–Crippen MR) is 158 cm³/mol. The van der Waals surface area contributed by atoms with E-state index in [2.05, 4.69) is 34.4 Å². The summed E-state index contributed by atoms with van der Waals surface area (Å²) in [7, 11) is 0.163. The number of ether oxygens (including phenoxy) is 2. The van der Waals surface area contributed by atoms with E-state index < -0.39 is 22.4 Å². The van der Waals surface area contributed by atoms with Crippen LogP contribution in [0.25, 0.3) is 10.1 Å². The molecule has 12 heteroatoms. The maximum atomic E-state index is 13.6. The van der Waals surface area contributed by atoms with Gasteiger partial charge in [-0.2, -0.15) is 13.2 Å². The molecule has 0 radical (unpaired) electrons. The summed E-state index contributed by atoms with van der Waals surface area (Å²) in [4.78, 5) is 2.75. The number of methoxy groups -OCH3 is 1. The lowest BCUT2D eigenvalue weighted by atomic mass is 10.0. The van der Waals surface area contributed by atoms with Gasteiger partial charge < -0.3 is 25.0 Å². The number of hydrogen-bond acceptors (Lipinski definition) is 8. The van der Waals surface area contributed by atoms with Crippen LogP contribution in [0, 0.1) is 11.8 Å². The van der Waals surface area contributed by atoms with Gasteiger partial charge in [0.15, 0.2) is 9.84 Å². The first kappa shape index (κ1) is 31.0. The van der Waals surface area contributed by atoms with E-state index in [1.165, 1.54) is 30.6 Å². The maximum absolute atomic E-state index is 13.6. The Hall–Kier alpha value is -2.98. The zero-order valence-corrected chi connectivity index (χ0v) is 24.9. The summed E-state index contributed by atoms with van der Waals surface area (Å²) in [6.07, 6.45) is -2.40. The van der Waals surface area contributed by atoms with Crippen molar-refractivity contribution in [3.8, 4) is 17.6 Å². The molecule has 7 nitrogen and oxygen atoms in total. The molecule has 0 spiro atoms. The smallest absolute Gasteiger partial charge is 0.393 e. The maximum Gasteiger partial charge on any atom is 0.393 e. The second kappa shape index (κ2) is 13.3. The largest absolute Gasteiger partial charge is 0.489 e. The van der Waals surface area contributed by atoms with Crippen LogP contribution in [0.2, 0.25) is 0 Å². The van der Waals surface area contributed by atoms with E-state index in [-0.39, 0.29) is 29.7 Å². The molecule has 1 fully saturated rings. The molecule has 2 heterocycles. The Labute approximate surface area is 242 Å². The van der Waals surface area contributed by atoms with Crippen molar-refractivity contribution >= 4 is 42.6 Å². The SMILES string of the molecule is COCCOc1cc(S(C)(=O)=O)ccc1NCC#Cc1sc2c(NC3CCN(C)CC3)cccc2c1CC(F)(F)F. The fourth-order valence-electron chi connectivity index (χ4n) is 4.63. The summed E-state index contributed by atoms with van der Waals surface area (Å²) in [6.45, 7) is 2.57. The van der Waals surface area contributed by atoms with Gasteiger partial charge in [-0.25, -0.2) is 8.42 Å². The van der Waals surface area contributed by atoms with Gasteiger partial charge in [-0.1, -0.05) is 24.0 Å². The van der Waals surface area contributed by atoms with Gasteiger partial charge in [-0.15, -0.1) is 11.3 Å². The van der Waals surface area contributed by atoms with Crippen LogP contribution in [0.3, 0.4) is 0 Å². The van der Waals surface area contributed by atoms with Crippen LogP contribution >= 0.6 is 11.3 Å². The molecule has 0 unspecified atom stereocenters. The molecular weight excluding hydrogens is 575 g/mol. The zero-order valence-electron chi connectivity index (χ0n) is 23.2. The number of halogens is 3. The molecule has 0 bridgehead atoms. The van der Waals surface area contributed by atoms with Crippen molar-refractivity contribution in [2.24, 2.45) is 0 Å². The van der Waals surface area contributed by atoms with Crippen LogP contribution < -0.4 is 15.4 Å². The van der Waals surface area contributed by atoms with Crippen molar-refractivity contribution in [2.75, 3.05) is 63.9 Å². The van der Waals surface area contributed by atoms with Gasteiger partial charge in [0.25, 0.3) is 0 Å². The first-order valence-electron chi connectivity index (χ1n) is 13.2. The fourth-order valence-corrected chi connectivity index (χ4v) is 6.44. The zero-order chi connectivity index (χ0) is 29.6. The highest BCUT2D eigenvalue weighted by atomic mass is 32.2. The van der Waals surface area contributed by atoms with E-state index in [9.17, 15) is 21.6 Å². The number of nitrogens with zero attached hydrogens (tertiary/aromatic N) is 1. The number of hydrogen-bond donors (Lipinski definition) is 2. The van der Waals surface area contributed by atoms with Crippen molar-refractivity contribution in [2.45, 2.75) is 36.4 Å². The van der Waals surface area contributed by atoms with Crippen LogP contribution in [0.1, 0.15) is 23.3 Å². The Bertz CT molecular complexity index is 1520. The Kier molecular flexibility index (Phi) is 10.1. The fraction of sp³-hybridized carbons (Fsp3) is 0.448. The average molecular weight is 610 g/mol. The van der Waals surface area contributed by atoms with Gasteiger partial charge >= 0.3 is 6.18 Å². The number of alkyl halides is 3. The van der Waals surface area contributed by atoms with E-state index in [0.717, 1.165) is 42.6 Å². The minimum atomic E-state index is -4.38. The third kappa shape index (κ3) is 8.52. The lowest BCUT2D eigenvalue weighted by molar-refractivity contribution is -0.126. The first-order valence-corrected chi connectivity index (χ1v) is 15.9. The standard InChI is InChI=1S/C29H34F3N3O4S2/c1-35-14-11-20(12-15-35)34-25-7-4-6-22-23(19-29(30,31)32)27(40-28(22)25)8-5-13-33-24-10-9-21(41(3,36)37)18-26(24)39-17-16-38-2/h4,6-7,9-10,18,20,33-34H,11-17,19H2,1-3H3. The van der Waals surface area contributed by atoms with E-state index in [1.54, 1.807) is 18.2 Å². The quantitative estimate of drug-likeness (QED) is 0.235. The highest BCUT2D eigenvalue weighted by Gasteiger charge is 2.31. The highest BCUT2D eigenvalue weighted by Crippen LogP contribution is 2.39. The molecular formula is C29H34F3N3O4S2. The molecule has 3 aromatic rings. The number of likely N-dealkylation sites (tertiary alicyclic amines) is 1. The second-order valence-electron chi connectivity index (χ2n) is 10.0. The van der Waals surface area contributed by atoms with Crippen LogP contribution in [0.4, 0.5) is 24.5 Å². The molecule has 1 aliphatic rings. The molecule has 2 aromatic carbocycles. The van der Waals surface area contributed by atoms with Crippen molar-refractivity contribution in [1.29, 1.82) is 0 Å². The minimum Gasteiger partial charge on any atom is -0.489 e. The molecule has 2 N–H and O–H groups in total. The summed E-state index contributed by atoms with van der Waals surface area (Å²) < 4.78 is 76.2. The Morgan fingerprint density at radius 3 is 2.56 bits per heavy atom. The van der Waals surface area contributed by atoms with Crippen molar-refractivity contribution in [3.05, 3.63) is 46.8 Å². The Morgan fingerprint density at radius 2 is 1.88 bits per heavy atom. The molecule has 1 aromatic heterocycles. The van der Waals surface area contributed by atoms with Gasteiger partial charge in [-0.05, 0) is 62.1 Å². The minimum absolute atomic E-state index is 0.105. The summed E-state index contributed by atoms with van der Waals surface area (Å²) >= 11 is 1.27. The number of anilines is 2. The number of piperidine rings is 1. The van der Waals surface area contributed by atoms with Crippen LogP contribution in [0.15, 0.2) is 41.3 Å². The summed E-state index contributed by atoms with van der Waals surface area (Å²) in [5, 5.41) is 7.21. The third-order valence-corrected chi connectivity index (χ3v) is 9.08.